The zero-order valence-corrected chi connectivity index (χ0v) is 12.2. The van der Waals surface area contributed by atoms with E-state index in [0.717, 1.165) is 25.2 Å². The summed E-state index contributed by atoms with van der Waals surface area (Å²) in [6.45, 7) is 6.17. The van der Waals surface area contributed by atoms with Crippen LogP contribution in [0, 0.1) is 0 Å². The zero-order valence-electron chi connectivity index (χ0n) is 11.4. The van der Waals surface area contributed by atoms with Gasteiger partial charge in [0.15, 0.2) is 0 Å². The summed E-state index contributed by atoms with van der Waals surface area (Å²) >= 11 is 1.98. The Morgan fingerprint density at radius 2 is 1.95 bits per heavy atom. The lowest BCUT2D eigenvalue weighted by molar-refractivity contribution is -0.132. The molecule has 102 valence electrons. The maximum atomic E-state index is 12.6. The Bertz CT molecular complexity index is 456. The van der Waals surface area contributed by atoms with Gasteiger partial charge in [0.1, 0.15) is 6.04 Å². The fourth-order valence-corrected chi connectivity index (χ4v) is 4.35. The number of hydrogen-bond acceptors (Lipinski definition) is 3. The summed E-state index contributed by atoms with van der Waals surface area (Å²) < 4.78 is 0. The van der Waals surface area contributed by atoms with E-state index in [1.165, 1.54) is 5.56 Å². The van der Waals surface area contributed by atoms with E-state index in [4.69, 9.17) is 0 Å². The second-order valence-electron chi connectivity index (χ2n) is 5.56. The highest BCUT2D eigenvalue weighted by Gasteiger charge is 2.33. The maximum absolute atomic E-state index is 12.6. The third-order valence-electron chi connectivity index (χ3n) is 3.80. The largest absolute Gasteiger partial charge is 0.373 e. The van der Waals surface area contributed by atoms with Gasteiger partial charge in [-0.2, -0.15) is 11.8 Å². The molecule has 4 heteroatoms. The van der Waals surface area contributed by atoms with Gasteiger partial charge in [-0.05, 0) is 11.6 Å². The monoisotopic (exact) mass is 276 g/mol. The summed E-state index contributed by atoms with van der Waals surface area (Å²) in [4.78, 5) is 14.7. The molecule has 3 rings (SSSR count). The van der Waals surface area contributed by atoms with Crippen molar-refractivity contribution >= 4 is 23.4 Å². The topological polar surface area (TPSA) is 32.3 Å². The smallest absolute Gasteiger partial charge is 0.245 e. The van der Waals surface area contributed by atoms with Gasteiger partial charge in [-0.15, -0.1) is 0 Å². The number of carbonyl (C=O) groups excluding carboxylic acids is 1. The van der Waals surface area contributed by atoms with Crippen LogP contribution in [0.1, 0.15) is 19.4 Å². The Hall–Kier alpha value is -1.16. The number of nitrogens with zero attached hydrogens (tertiary/aromatic N) is 1. The van der Waals surface area contributed by atoms with E-state index in [1.807, 2.05) is 28.8 Å². The maximum Gasteiger partial charge on any atom is 0.245 e. The average Bonchev–Trinajstić information content (AvgIpc) is 2.80. The van der Waals surface area contributed by atoms with Gasteiger partial charge in [0, 0.05) is 35.7 Å². The molecule has 0 radical (unpaired) electrons. The van der Waals surface area contributed by atoms with Crippen LogP contribution in [-0.2, 0) is 11.2 Å². The standard InChI is InChI=1S/C15H20N2OS/c1-10-8-17(9-11(2)19-10)15(18)14-7-12-5-3-4-6-13(12)16-14/h3-6,10-11,14,16H,7-9H2,1-2H3. The Morgan fingerprint density at radius 1 is 1.26 bits per heavy atom. The molecule has 1 amide bonds. The van der Waals surface area contributed by atoms with E-state index in [0.29, 0.717) is 10.5 Å². The van der Waals surface area contributed by atoms with Crippen LogP contribution in [0.2, 0.25) is 0 Å². The van der Waals surface area contributed by atoms with Crippen LogP contribution < -0.4 is 5.32 Å². The number of fused-ring (bicyclic) bond motifs is 1. The molecular formula is C15H20N2OS. The Labute approximate surface area is 118 Å². The van der Waals surface area contributed by atoms with E-state index in [1.54, 1.807) is 0 Å². The van der Waals surface area contributed by atoms with E-state index in [9.17, 15) is 4.79 Å². The number of anilines is 1. The van der Waals surface area contributed by atoms with Crippen molar-refractivity contribution in [3.63, 3.8) is 0 Å². The molecule has 0 aromatic heterocycles. The van der Waals surface area contributed by atoms with E-state index in [2.05, 4.69) is 31.3 Å². The molecule has 1 N–H and O–H groups in total. The molecule has 1 fully saturated rings. The van der Waals surface area contributed by atoms with Crippen molar-refractivity contribution in [2.24, 2.45) is 0 Å². The molecule has 0 saturated carbocycles. The molecule has 19 heavy (non-hydrogen) atoms. The number of rotatable bonds is 1. The number of para-hydroxylation sites is 1. The summed E-state index contributed by atoms with van der Waals surface area (Å²) in [6.07, 6.45) is 0.821. The SMILES string of the molecule is CC1CN(C(=O)C2Cc3ccccc3N2)CC(C)S1. The second-order valence-corrected chi connectivity index (χ2v) is 7.44. The van der Waals surface area contributed by atoms with Crippen LogP contribution in [0.4, 0.5) is 5.69 Å². The molecule has 1 aromatic carbocycles. The molecule has 0 spiro atoms. The number of hydrogen-bond donors (Lipinski definition) is 1. The molecule has 0 aliphatic carbocycles. The zero-order chi connectivity index (χ0) is 13.4. The highest BCUT2D eigenvalue weighted by atomic mass is 32.2. The van der Waals surface area contributed by atoms with Crippen molar-refractivity contribution in [1.29, 1.82) is 0 Å². The summed E-state index contributed by atoms with van der Waals surface area (Å²) in [5.41, 5.74) is 2.38. The van der Waals surface area contributed by atoms with Crippen LogP contribution >= 0.6 is 11.8 Å². The molecule has 2 aliphatic heterocycles. The number of nitrogens with one attached hydrogen (secondary N) is 1. The first-order valence-corrected chi connectivity index (χ1v) is 7.86. The summed E-state index contributed by atoms with van der Waals surface area (Å²) in [6, 6.07) is 8.14. The van der Waals surface area contributed by atoms with E-state index < -0.39 is 0 Å². The van der Waals surface area contributed by atoms with Crippen LogP contribution in [0.15, 0.2) is 24.3 Å². The van der Waals surface area contributed by atoms with Gasteiger partial charge in [-0.1, -0.05) is 32.0 Å². The number of amides is 1. The lowest BCUT2D eigenvalue weighted by Crippen LogP contribution is -2.49. The fraction of sp³-hybridized carbons (Fsp3) is 0.533. The predicted octanol–water partition coefficient (Wildman–Crippen LogP) is 2.38. The van der Waals surface area contributed by atoms with Crippen molar-refractivity contribution in [2.45, 2.75) is 36.8 Å². The van der Waals surface area contributed by atoms with Crippen molar-refractivity contribution < 1.29 is 4.79 Å². The quantitative estimate of drug-likeness (QED) is 0.855. The summed E-state index contributed by atoms with van der Waals surface area (Å²) in [7, 11) is 0. The molecule has 3 atom stereocenters. The molecule has 0 bridgehead atoms. The van der Waals surface area contributed by atoms with E-state index >= 15 is 0 Å². The minimum Gasteiger partial charge on any atom is -0.373 e. The molecular weight excluding hydrogens is 256 g/mol. The molecule has 2 heterocycles. The van der Waals surface area contributed by atoms with Gasteiger partial charge in [-0.25, -0.2) is 0 Å². The Kier molecular flexibility index (Phi) is 3.44. The van der Waals surface area contributed by atoms with Crippen molar-refractivity contribution in [2.75, 3.05) is 18.4 Å². The van der Waals surface area contributed by atoms with Gasteiger partial charge in [0.2, 0.25) is 5.91 Å². The van der Waals surface area contributed by atoms with Gasteiger partial charge in [0.05, 0.1) is 0 Å². The summed E-state index contributed by atoms with van der Waals surface area (Å²) in [5.74, 6) is 0.259. The lowest BCUT2D eigenvalue weighted by atomic mass is 10.1. The highest BCUT2D eigenvalue weighted by molar-refractivity contribution is 8.00. The Balaban J connectivity index is 1.69. The number of thioether (sulfide) groups is 1. The van der Waals surface area contributed by atoms with E-state index in [-0.39, 0.29) is 11.9 Å². The minimum atomic E-state index is -0.0695. The van der Waals surface area contributed by atoms with Gasteiger partial charge in [0.25, 0.3) is 0 Å². The van der Waals surface area contributed by atoms with Crippen molar-refractivity contribution in [3.05, 3.63) is 29.8 Å². The third-order valence-corrected chi connectivity index (χ3v) is 5.03. The summed E-state index contributed by atoms with van der Waals surface area (Å²) in [5, 5.41) is 4.44. The van der Waals surface area contributed by atoms with Gasteiger partial charge >= 0.3 is 0 Å². The highest BCUT2D eigenvalue weighted by Crippen LogP contribution is 2.29. The molecule has 3 unspecified atom stereocenters. The normalized spacial score (nSPS) is 29.8. The lowest BCUT2D eigenvalue weighted by Gasteiger charge is -2.36. The first-order chi connectivity index (χ1) is 9.13. The van der Waals surface area contributed by atoms with Crippen molar-refractivity contribution in [1.82, 2.24) is 4.90 Å². The molecule has 2 aliphatic rings. The second kappa shape index (κ2) is 5.08. The van der Waals surface area contributed by atoms with Gasteiger partial charge in [-0.3, -0.25) is 4.79 Å². The van der Waals surface area contributed by atoms with Crippen LogP contribution in [0.3, 0.4) is 0 Å². The first-order valence-electron chi connectivity index (χ1n) is 6.92. The molecule has 3 nitrogen and oxygen atoms in total. The molecule has 1 saturated heterocycles. The predicted molar refractivity (Wildman–Crippen MR) is 80.7 cm³/mol. The molecule has 1 aromatic rings. The van der Waals surface area contributed by atoms with Crippen LogP contribution in [0.5, 0.6) is 0 Å². The minimum absolute atomic E-state index is 0.0695. The average molecular weight is 276 g/mol. The fourth-order valence-electron chi connectivity index (χ4n) is 3.03. The van der Waals surface area contributed by atoms with Crippen LogP contribution in [-0.4, -0.2) is 40.4 Å². The first kappa shape index (κ1) is 12.9. The number of carbonyl (C=O) groups is 1. The van der Waals surface area contributed by atoms with Crippen LogP contribution in [0.25, 0.3) is 0 Å². The van der Waals surface area contributed by atoms with Crippen molar-refractivity contribution in [3.8, 4) is 0 Å². The number of benzene rings is 1. The Morgan fingerprint density at radius 3 is 2.63 bits per heavy atom. The third kappa shape index (κ3) is 2.59. The van der Waals surface area contributed by atoms with Gasteiger partial charge < -0.3 is 10.2 Å².